The summed E-state index contributed by atoms with van der Waals surface area (Å²) in [5.74, 6) is 0. The smallest absolute Gasteiger partial charge is 0.152 e. The van der Waals surface area contributed by atoms with Crippen LogP contribution in [0.25, 0.3) is 11.0 Å². The first-order valence-corrected chi connectivity index (χ1v) is 5.93. The molecule has 0 aliphatic carbocycles. The Morgan fingerprint density at radius 1 is 1.50 bits per heavy atom. The summed E-state index contributed by atoms with van der Waals surface area (Å²) in [5.41, 5.74) is 0.958. The van der Waals surface area contributed by atoms with Crippen molar-refractivity contribution in [2.75, 3.05) is 6.61 Å². The van der Waals surface area contributed by atoms with E-state index in [0.717, 1.165) is 35.0 Å². The van der Waals surface area contributed by atoms with Crippen LogP contribution >= 0.6 is 12.2 Å². The highest BCUT2D eigenvalue weighted by molar-refractivity contribution is 7.71. The predicted octanol–water partition coefficient (Wildman–Crippen LogP) is 2.79. The van der Waals surface area contributed by atoms with Crippen molar-refractivity contribution in [1.82, 2.24) is 14.8 Å². The number of nitrogens with one attached hydrogen (secondary N) is 1. The van der Waals surface area contributed by atoms with Crippen molar-refractivity contribution in [1.29, 1.82) is 0 Å². The monoisotopic (exact) mass is 235 g/mol. The molecule has 0 bridgehead atoms. The molecule has 2 aromatic rings. The first kappa shape index (κ1) is 9.99. The quantitative estimate of drug-likeness (QED) is 0.773. The molecule has 5 heteroatoms. The molecule has 16 heavy (non-hydrogen) atoms. The third-order valence-corrected chi connectivity index (χ3v) is 3.30. The Labute approximate surface area is 98.2 Å². The molecule has 0 spiro atoms. The molecule has 0 amide bonds. The van der Waals surface area contributed by atoms with Crippen LogP contribution in [0.3, 0.4) is 0 Å². The molecular weight excluding hydrogens is 222 g/mol. The van der Waals surface area contributed by atoms with Gasteiger partial charge in [0.15, 0.2) is 6.23 Å². The second-order valence-corrected chi connectivity index (χ2v) is 4.45. The van der Waals surface area contributed by atoms with Gasteiger partial charge in [-0.15, -0.1) is 0 Å². The molecule has 1 N–H and O–H groups in total. The van der Waals surface area contributed by atoms with Gasteiger partial charge >= 0.3 is 0 Å². The van der Waals surface area contributed by atoms with E-state index in [2.05, 4.69) is 10.1 Å². The molecule has 84 valence electrons. The normalized spacial score (nSPS) is 21.4. The summed E-state index contributed by atoms with van der Waals surface area (Å²) in [6.45, 7) is 0.819. The number of hydrogen-bond acceptors (Lipinski definition) is 3. The van der Waals surface area contributed by atoms with Crippen LogP contribution in [0.1, 0.15) is 25.5 Å². The highest BCUT2D eigenvalue weighted by atomic mass is 32.1. The van der Waals surface area contributed by atoms with Gasteiger partial charge in [-0.1, -0.05) is 12.2 Å². The maximum atomic E-state index is 5.72. The van der Waals surface area contributed by atoms with E-state index in [-0.39, 0.29) is 6.23 Å². The molecule has 1 unspecified atom stereocenters. The summed E-state index contributed by atoms with van der Waals surface area (Å²) in [6.07, 6.45) is 7.08. The number of nitrogens with zero attached hydrogens (tertiary/aromatic N) is 2. The van der Waals surface area contributed by atoms with Crippen LogP contribution in [0.5, 0.6) is 0 Å². The zero-order chi connectivity index (χ0) is 11.0. The summed E-state index contributed by atoms with van der Waals surface area (Å²) in [5, 5.41) is 5.37. The van der Waals surface area contributed by atoms with Gasteiger partial charge in [0.1, 0.15) is 5.65 Å². The summed E-state index contributed by atoms with van der Waals surface area (Å²) in [6, 6.07) is 1.88. The fourth-order valence-corrected chi connectivity index (χ4v) is 2.32. The number of H-pyrrole nitrogens is 1. The van der Waals surface area contributed by atoms with Gasteiger partial charge in [0.25, 0.3) is 0 Å². The van der Waals surface area contributed by atoms with Crippen LogP contribution in [-0.4, -0.2) is 21.4 Å². The van der Waals surface area contributed by atoms with Crippen molar-refractivity contribution in [2.45, 2.75) is 25.5 Å². The van der Waals surface area contributed by atoms with Crippen LogP contribution < -0.4 is 0 Å². The van der Waals surface area contributed by atoms with E-state index < -0.39 is 0 Å². The Morgan fingerprint density at radius 3 is 3.25 bits per heavy atom. The van der Waals surface area contributed by atoms with Gasteiger partial charge in [0.2, 0.25) is 0 Å². The molecule has 4 nitrogen and oxygen atoms in total. The predicted molar refractivity (Wildman–Crippen MR) is 63.8 cm³/mol. The van der Waals surface area contributed by atoms with Crippen molar-refractivity contribution in [3.05, 3.63) is 23.0 Å². The second-order valence-electron chi connectivity index (χ2n) is 4.01. The Kier molecular flexibility index (Phi) is 2.49. The highest BCUT2D eigenvalue weighted by Crippen LogP contribution is 2.25. The first-order chi connectivity index (χ1) is 7.86. The number of fused-ring (bicyclic) bond motifs is 1. The Morgan fingerprint density at radius 2 is 2.44 bits per heavy atom. The van der Waals surface area contributed by atoms with Gasteiger partial charge in [-0.05, 0) is 25.3 Å². The van der Waals surface area contributed by atoms with Crippen molar-refractivity contribution in [3.63, 3.8) is 0 Å². The van der Waals surface area contributed by atoms with Crippen LogP contribution in [0.4, 0.5) is 0 Å². The average molecular weight is 235 g/mol. The maximum absolute atomic E-state index is 5.72. The highest BCUT2D eigenvalue weighted by Gasteiger charge is 2.18. The minimum absolute atomic E-state index is 0.0549. The largest absolute Gasteiger partial charge is 0.356 e. The topological polar surface area (TPSA) is 42.8 Å². The van der Waals surface area contributed by atoms with E-state index in [1.165, 1.54) is 6.42 Å². The molecule has 3 heterocycles. The van der Waals surface area contributed by atoms with E-state index >= 15 is 0 Å². The molecule has 3 rings (SSSR count). The SMILES string of the molecule is S=c1cc[nH]c2c1cnn2C1CCCCO1. The van der Waals surface area contributed by atoms with E-state index in [1.807, 2.05) is 23.1 Å². The van der Waals surface area contributed by atoms with Crippen LogP contribution in [0.2, 0.25) is 0 Å². The Hall–Kier alpha value is -1.20. The summed E-state index contributed by atoms with van der Waals surface area (Å²) < 4.78 is 8.45. The fraction of sp³-hybridized carbons (Fsp3) is 0.455. The van der Waals surface area contributed by atoms with Crippen LogP contribution in [-0.2, 0) is 4.74 Å². The van der Waals surface area contributed by atoms with Crippen molar-refractivity contribution in [3.8, 4) is 0 Å². The lowest BCUT2D eigenvalue weighted by molar-refractivity contribution is -0.0370. The van der Waals surface area contributed by atoms with Gasteiger partial charge in [-0.25, -0.2) is 4.68 Å². The summed E-state index contributed by atoms with van der Waals surface area (Å²) in [7, 11) is 0. The number of aromatic nitrogens is 3. The molecule has 0 saturated carbocycles. The fourth-order valence-electron chi connectivity index (χ4n) is 2.11. The third kappa shape index (κ3) is 1.56. The lowest BCUT2D eigenvalue weighted by Gasteiger charge is -2.23. The molecule has 1 aliphatic heterocycles. The van der Waals surface area contributed by atoms with Gasteiger partial charge < -0.3 is 9.72 Å². The van der Waals surface area contributed by atoms with E-state index in [0.29, 0.717) is 0 Å². The maximum Gasteiger partial charge on any atom is 0.152 e. The molecule has 1 fully saturated rings. The molecule has 1 atom stereocenters. The second kappa shape index (κ2) is 3.99. The zero-order valence-electron chi connectivity index (χ0n) is 8.85. The van der Waals surface area contributed by atoms with Crippen molar-refractivity contribution >= 4 is 23.3 Å². The standard InChI is InChI=1S/C11H13N3OS/c16-9-4-5-12-11-8(9)7-13-14(11)10-3-1-2-6-15-10/h4-5,7,10H,1-3,6H2,(H,12,16). The zero-order valence-corrected chi connectivity index (χ0v) is 9.67. The minimum Gasteiger partial charge on any atom is -0.356 e. The Balaban J connectivity index is 2.10. The van der Waals surface area contributed by atoms with Gasteiger partial charge in [-0.2, -0.15) is 5.10 Å². The number of rotatable bonds is 1. The van der Waals surface area contributed by atoms with Gasteiger partial charge in [-0.3, -0.25) is 0 Å². The van der Waals surface area contributed by atoms with E-state index in [1.54, 1.807) is 0 Å². The molecule has 0 aromatic carbocycles. The molecule has 0 radical (unpaired) electrons. The lowest BCUT2D eigenvalue weighted by Crippen LogP contribution is -2.19. The number of aromatic amines is 1. The first-order valence-electron chi connectivity index (χ1n) is 5.53. The minimum atomic E-state index is 0.0549. The Bertz CT molecular complexity index is 554. The number of pyridine rings is 1. The van der Waals surface area contributed by atoms with Crippen LogP contribution in [0, 0.1) is 4.51 Å². The molecular formula is C11H13N3OS. The van der Waals surface area contributed by atoms with E-state index in [9.17, 15) is 0 Å². The summed E-state index contributed by atoms with van der Waals surface area (Å²) in [4.78, 5) is 3.19. The van der Waals surface area contributed by atoms with Crippen LogP contribution in [0.15, 0.2) is 18.5 Å². The molecule has 1 saturated heterocycles. The van der Waals surface area contributed by atoms with Crippen molar-refractivity contribution in [2.24, 2.45) is 0 Å². The van der Waals surface area contributed by atoms with Crippen molar-refractivity contribution < 1.29 is 4.74 Å². The summed E-state index contributed by atoms with van der Waals surface area (Å²) >= 11 is 5.25. The van der Waals surface area contributed by atoms with E-state index in [4.69, 9.17) is 17.0 Å². The number of ether oxygens (including phenoxy) is 1. The third-order valence-electron chi connectivity index (χ3n) is 2.94. The molecule has 1 aliphatic rings. The average Bonchev–Trinajstić information content (AvgIpc) is 2.75. The van der Waals surface area contributed by atoms with Gasteiger partial charge in [0.05, 0.1) is 16.1 Å². The lowest BCUT2D eigenvalue weighted by atomic mass is 10.2. The number of hydrogen-bond donors (Lipinski definition) is 1. The van der Waals surface area contributed by atoms with Gasteiger partial charge in [0, 0.05) is 12.8 Å². The molecule has 2 aromatic heterocycles.